The van der Waals surface area contributed by atoms with E-state index in [1.807, 2.05) is 18.0 Å². The lowest BCUT2D eigenvalue weighted by molar-refractivity contribution is 0.146. The fourth-order valence-corrected chi connectivity index (χ4v) is 2.73. The summed E-state index contributed by atoms with van der Waals surface area (Å²) in [6, 6.07) is 6.53. The summed E-state index contributed by atoms with van der Waals surface area (Å²) in [6.45, 7) is 3.25. The van der Waals surface area contributed by atoms with Crippen LogP contribution in [0.25, 0.3) is 0 Å². The van der Waals surface area contributed by atoms with Crippen molar-refractivity contribution in [1.29, 1.82) is 0 Å². The molecule has 1 unspecified atom stereocenters. The number of rotatable bonds is 7. The number of amides is 1. The molecule has 1 atom stereocenters. The predicted octanol–water partition coefficient (Wildman–Crippen LogP) is 2.36. The Bertz CT molecular complexity index is 604. The SMILES string of the molecule is CCOC(=O)NC(CNC(=NC)N(C)Cc1cccc(F)c1)C1CC1. The van der Waals surface area contributed by atoms with E-state index in [2.05, 4.69) is 15.6 Å². The molecule has 0 heterocycles. The van der Waals surface area contributed by atoms with Crippen molar-refractivity contribution in [2.24, 2.45) is 10.9 Å². The minimum absolute atomic E-state index is 0.0124. The molecule has 138 valence electrons. The van der Waals surface area contributed by atoms with Crippen LogP contribution in [0, 0.1) is 11.7 Å². The number of nitrogens with one attached hydrogen (secondary N) is 2. The van der Waals surface area contributed by atoms with Crippen LogP contribution < -0.4 is 10.6 Å². The van der Waals surface area contributed by atoms with Crippen molar-refractivity contribution >= 4 is 12.1 Å². The van der Waals surface area contributed by atoms with Crippen LogP contribution in [-0.2, 0) is 11.3 Å². The van der Waals surface area contributed by atoms with Crippen LogP contribution >= 0.6 is 0 Å². The zero-order valence-corrected chi connectivity index (χ0v) is 15.1. The Hall–Kier alpha value is -2.31. The van der Waals surface area contributed by atoms with E-state index in [1.165, 1.54) is 12.1 Å². The third kappa shape index (κ3) is 6.25. The van der Waals surface area contributed by atoms with Gasteiger partial charge in [0, 0.05) is 27.2 Å². The lowest BCUT2D eigenvalue weighted by Crippen LogP contribution is -2.48. The van der Waals surface area contributed by atoms with Gasteiger partial charge in [-0.15, -0.1) is 0 Å². The minimum atomic E-state index is -0.385. The summed E-state index contributed by atoms with van der Waals surface area (Å²) in [7, 11) is 3.60. The average Bonchev–Trinajstić information content (AvgIpc) is 3.39. The van der Waals surface area contributed by atoms with Gasteiger partial charge in [-0.3, -0.25) is 4.99 Å². The molecule has 1 fully saturated rings. The van der Waals surface area contributed by atoms with E-state index in [-0.39, 0.29) is 18.0 Å². The number of hydrogen-bond acceptors (Lipinski definition) is 3. The molecular weight excluding hydrogens is 323 g/mol. The van der Waals surface area contributed by atoms with E-state index in [0.29, 0.717) is 31.6 Å². The van der Waals surface area contributed by atoms with Crippen molar-refractivity contribution in [3.05, 3.63) is 35.6 Å². The summed E-state index contributed by atoms with van der Waals surface area (Å²) in [4.78, 5) is 17.9. The number of aliphatic imine (C=N–C) groups is 1. The van der Waals surface area contributed by atoms with E-state index in [0.717, 1.165) is 18.4 Å². The molecule has 1 aliphatic rings. The standard InChI is InChI=1S/C18H27FN4O2/c1-4-25-18(24)22-16(14-8-9-14)11-21-17(20-2)23(3)12-13-6-5-7-15(19)10-13/h5-7,10,14,16H,4,8-9,11-12H2,1-3H3,(H,20,21)(H,22,24). The summed E-state index contributed by atoms with van der Waals surface area (Å²) < 4.78 is 18.3. The summed E-state index contributed by atoms with van der Waals surface area (Å²) in [5.74, 6) is 0.922. The molecule has 0 spiro atoms. The van der Waals surface area contributed by atoms with Gasteiger partial charge in [0.15, 0.2) is 5.96 Å². The highest BCUT2D eigenvalue weighted by molar-refractivity contribution is 5.79. The van der Waals surface area contributed by atoms with Gasteiger partial charge in [-0.1, -0.05) is 12.1 Å². The van der Waals surface area contributed by atoms with E-state index in [9.17, 15) is 9.18 Å². The van der Waals surface area contributed by atoms with E-state index < -0.39 is 0 Å². The second kappa shape index (κ2) is 9.25. The largest absolute Gasteiger partial charge is 0.450 e. The minimum Gasteiger partial charge on any atom is -0.450 e. The normalized spacial score (nSPS) is 15.4. The number of hydrogen-bond donors (Lipinski definition) is 2. The molecule has 0 aliphatic heterocycles. The fraction of sp³-hybridized carbons (Fsp3) is 0.556. The smallest absolute Gasteiger partial charge is 0.407 e. The predicted molar refractivity (Wildman–Crippen MR) is 95.9 cm³/mol. The van der Waals surface area contributed by atoms with Gasteiger partial charge in [-0.25, -0.2) is 9.18 Å². The van der Waals surface area contributed by atoms with Crippen molar-refractivity contribution in [3.63, 3.8) is 0 Å². The van der Waals surface area contributed by atoms with Crippen molar-refractivity contribution in [2.45, 2.75) is 32.4 Å². The Kier molecular flexibility index (Phi) is 7.03. The van der Waals surface area contributed by atoms with Crippen molar-refractivity contribution in [2.75, 3.05) is 27.2 Å². The van der Waals surface area contributed by atoms with E-state index >= 15 is 0 Å². The summed E-state index contributed by atoms with van der Waals surface area (Å²) in [5.41, 5.74) is 0.869. The van der Waals surface area contributed by atoms with Gasteiger partial charge in [-0.05, 0) is 43.4 Å². The van der Waals surface area contributed by atoms with Crippen LogP contribution in [0.15, 0.2) is 29.3 Å². The highest BCUT2D eigenvalue weighted by Crippen LogP contribution is 2.32. The highest BCUT2D eigenvalue weighted by Gasteiger charge is 2.32. The molecule has 1 amide bonds. The Balaban J connectivity index is 1.88. The second-order valence-corrected chi connectivity index (χ2v) is 6.22. The molecular formula is C18H27FN4O2. The molecule has 7 heteroatoms. The van der Waals surface area contributed by atoms with Gasteiger partial charge in [-0.2, -0.15) is 0 Å². The first-order chi connectivity index (χ1) is 12.0. The molecule has 1 aromatic carbocycles. The molecule has 1 aliphatic carbocycles. The van der Waals surface area contributed by atoms with Crippen LogP contribution in [0.5, 0.6) is 0 Å². The Morgan fingerprint density at radius 1 is 1.48 bits per heavy atom. The zero-order chi connectivity index (χ0) is 18.2. The Morgan fingerprint density at radius 2 is 2.24 bits per heavy atom. The number of halogens is 1. The first-order valence-electron chi connectivity index (χ1n) is 8.63. The summed E-state index contributed by atoms with van der Waals surface area (Å²) in [5, 5.41) is 6.19. The second-order valence-electron chi connectivity index (χ2n) is 6.22. The maximum Gasteiger partial charge on any atom is 0.407 e. The monoisotopic (exact) mass is 350 g/mol. The number of carbonyl (C=O) groups is 1. The third-order valence-corrected chi connectivity index (χ3v) is 4.13. The first-order valence-corrected chi connectivity index (χ1v) is 8.63. The van der Waals surface area contributed by atoms with E-state index in [4.69, 9.17) is 4.74 Å². The first kappa shape index (κ1) is 19.0. The molecule has 1 saturated carbocycles. The quantitative estimate of drug-likeness (QED) is 0.585. The van der Waals surface area contributed by atoms with Crippen molar-refractivity contribution in [3.8, 4) is 0 Å². The van der Waals surface area contributed by atoms with Crippen LogP contribution in [0.1, 0.15) is 25.3 Å². The molecule has 1 aromatic rings. The third-order valence-electron chi connectivity index (χ3n) is 4.13. The fourth-order valence-electron chi connectivity index (χ4n) is 2.73. The molecule has 0 aromatic heterocycles. The number of carbonyl (C=O) groups excluding carboxylic acids is 1. The van der Waals surface area contributed by atoms with Crippen molar-refractivity contribution < 1.29 is 13.9 Å². The molecule has 0 radical (unpaired) electrons. The number of alkyl carbamates (subject to hydrolysis) is 1. The van der Waals surface area contributed by atoms with Gasteiger partial charge in [0.2, 0.25) is 0 Å². The van der Waals surface area contributed by atoms with Crippen LogP contribution in [-0.4, -0.2) is 50.2 Å². The summed E-state index contributed by atoms with van der Waals surface area (Å²) >= 11 is 0. The number of nitrogens with zero attached hydrogens (tertiary/aromatic N) is 2. The van der Waals surface area contributed by atoms with Gasteiger partial charge in [0.25, 0.3) is 0 Å². The van der Waals surface area contributed by atoms with Crippen LogP contribution in [0.2, 0.25) is 0 Å². The van der Waals surface area contributed by atoms with Gasteiger partial charge in [0.1, 0.15) is 5.82 Å². The van der Waals surface area contributed by atoms with Gasteiger partial charge < -0.3 is 20.3 Å². The molecule has 2 rings (SSSR count). The van der Waals surface area contributed by atoms with Crippen molar-refractivity contribution in [1.82, 2.24) is 15.5 Å². The lowest BCUT2D eigenvalue weighted by Gasteiger charge is -2.25. The lowest BCUT2D eigenvalue weighted by atomic mass is 10.2. The summed E-state index contributed by atoms with van der Waals surface area (Å²) in [6.07, 6.45) is 1.83. The molecule has 0 saturated heterocycles. The van der Waals surface area contributed by atoms with Gasteiger partial charge in [0.05, 0.1) is 12.6 Å². The Morgan fingerprint density at radius 3 is 2.84 bits per heavy atom. The highest BCUT2D eigenvalue weighted by atomic mass is 19.1. The zero-order valence-electron chi connectivity index (χ0n) is 15.1. The maximum atomic E-state index is 13.3. The molecule has 2 N–H and O–H groups in total. The number of ether oxygens (including phenoxy) is 1. The average molecular weight is 350 g/mol. The molecule has 25 heavy (non-hydrogen) atoms. The van der Waals surface area contributed by atoms with Crippen LogP contribution in [0.4, 0.5) is 9.18 Å². The maximum absolute atomic E-state index is 13.3. The Labute approximate surface area is 148 Å². The topological polar surface area (TPSA) is 66.0 Å². The molecule has 0 bridgehead atoms. The van der Waals surface area contributed by atoms with E-state index in [1.54, 1.807) is 20.0 Å². The number of benzene rings is 1. The van der Waals surface area contributed by atoms with Crippen LogP contribution in [0.3, 0.4) is 0 Å². The number of guanidine groups is 1. The molecule has 6 nitrogen and oxygen atoms in total. The van der Waals surface area contributed by atoms with Gasteiger partial charge >= 0.3 is 6.09 Å².